The number of carbonyl (C=O) groups is 3. The van der Waals surface area contributed by atoms with Gasteiger partial charge in [-0.15, -0.1) is 0 Å². The number of nitrogens with one attached hydrogen (secondary N) is 2. The van der Waals surface area contributed by atoms with Gasteiger partial charge in [-0.25, -0.2) is 4.79 Å². The fourth-order valence-corrected chi connectivity index (χ4v) is 2.43. The second kappa shape index (κ2) is 11.8. The van der Waals surface area contributed by atoms with Crippen LogP contribution in [0.2, 0.25) is 0 Å². The van der Waals surface area contributed by atoms with Crippen LogP contribution in [0.4, 0.5) is 0 Å². The van der Waals surface area contributed by atoms with Crippen LogP contribution in [0.5, 0.6) is 11.5 Å². The Hall–Kier alpha value is -3.07. The number of esters is 1. The Morgan fingerprint density at radius 2 is 1.47 bits per heavy atom. The predicted octanol–water partition coefficient (Wildman–Crippen LogP) is 2.93. The normalized spacial score (nSPS) is 10.1. The van der Waals surface area contributed by atoms with Crippen LogP contribution in [0.3, 0.4) is 0 Å². The van der Waals surface area contributed by atoms with E-state index in [4.69, 9.17) is 14.2 Å². The van der Waals surface area contributed by atoms with Crippen molar-refractivity contribution in [1.29, 1.82) is 0 Å². The average Bonchev–Trinajstić information content (AvgIpc) is 2.75. The summed E-state index contributed by atoms with van der Waals surface area (Å²) in [5.74, 6) is -0.530. The van der Waals surface area contributed by atoms with Gasteiger partial charge >= 0.3 is 5.97 Å². The molecule has 0 aliphatic carbocycles. The second-order valence-corrected chi connectivity index (χ2v) is 7.10. The Morgan fingerprint density at radius 1 is 0.900 bits per heavy atom. The van der Waals surface area contributed by atoms with Crippen molar-refractivity contribution in [1.82, 2.24) is 10.9 Å². The molecule has 2 rings (SSSR count). The van der Waals surface area contributed by atoms with E-state index in [-0.39, 0.29) is 13.2 Å². The van der Waals surface area contributed by atoms with Crippen LogP contribution in [0.1, 0.15) is 29.3 Å². The second-order valence-electron chi connectivity index (χ2n) is 6.24. The van der Waals surface area contributed by atoms with Gasteiger partial charge in [0.1, 0.15) is 11.5 Å². The first-order valence-electron chi connectivity index (χ1n) is 9.25. The van der Waals surface area contributed by atoms with Crippen molar-refractivity contribution in [3.05, 3.63) is 58.1 Å². The number of hydrogen-bond donors (Lipinski definition) is 2. The summed E-state index contributed by atoms with van der Waals surface area (Å²) in [6.07, 6.45) is 0.745. The van der Waals surface area contributed by atoms with Crippen LogP contribution in [-0.2, 0) is 14.3 Å². The number of hydrazine groups is 1. The van der Waals surface area contributed by atoms with Crippen LogP contribution in [-0.4, -0.2) is 37.6 Å². The number of carbonyl (C=O) groups excluding carboxylic acids is 3. The van der Waals surface area contributed by atoms with Gasteiger partial charge in [0.15, 0.2) is 13.2 Å². The van der Waals surface area contributed by atoms with Crippen molar-refractivity contribution in [2.75, 3.05) is 19.8 Å². The van der Waals surface area contributed by atoms with Gasteiger partial charge in [-0.2, -0.15) is 0 Å². The molecule has 0 saturated carbocycles. The van der Waals surface area contributed by atoms with Crippen molar-refractivity contribution in [2.45, 2.75) is 20.3 Å². The molecule has 2 aromatic rings. The molecular formula is C21H23BrN2O6. The van der Waals surface area contributed by atoms with E-state index >= 15 is 0 Å². The molecule has 0 unspecified atom stereocenters. The van der Waals surface area contributed by atoms with E-state index in [0.29, 0.717) is 23.7 Å². The topological polar surface area (TPSA) is 103 Å². The third kappa shape index (κ3) is 7.75. The summed E-state index contributed by atoms with van der Waals surface area (Å²) in [5.41, 5.74) is 5.85. The Balaban J connectivity index is 1.68. The van der Waals surface area contributed by atoms with E-state index in [1.54, 1.807) is 36.4 Å². The molecule has 0 fully saturated rings. The van der Waals surface area contributed by atoms with E-state index in [2.05, 4.69) is 26.8 Å². The van der Waals surface area contributed by atoms with Gasteiger partial charge in [-0.1, -0.05) is 22.9 Å². The highest BCUT2D eigenvalue weighted by Gasteiger charge is 2.09. The molecule has 0 bridgehead atoms. The highest BCUT2D eigenvalue weighted by Crippen LogP contribution is 2.21. The molecule has 30 heavy (non-hydrogen) atoms. The first-order chi connectivity index (χ1) is 14.4. The molecule has 0 aliphatic rings. The minimum Gasteiger partial charge on any atom is -0.484 e. The van der Waals surface area contributed by atoms with Crippen molar-refractivity contribution in [2.24, 2.45) is 0 Å². The molecule has 0 radical (unpaired) electrons. The standard InChI is InChI=1S/C21H23BrN2O6/c1-3-10-28-21(27)15-4-6-16(7-5-15)29-12-19(25)23-24-20(26)13-30-17-8-9-18(22)14(2)11-17/h4-9,11H,3,10,12-13H2,1-2H3,(H,23,25)(H,24,26). The number of amides is 2. The molecule has 0 aromatic heterocycles. The van der Waals surface area contributed by atoms with Crippen LogP contribution >= 0.6 is 15.9 Å². The monoisotopic (exact) mass is 478 g/mol. The largest absolute Gasteiger partial charge is 0.484 e. The summed E-state index contributed by atoms with van der Waals surface area (Å²) < 4.78 is 16.7. The molecule has 160 valence electrons. The van der Waals surface area contributed by atoms with Crippen molar-refractivity contribution < 1.29 is 28.6 Å². The summed E-state index contributed by atoms with van der Waals surface area (Å²) >= 11 is 3.39. The minimum atomic E-state index is -0.547. The Morgan fingerprint density at radius 3 is 2.03 bits per heavy atom. The van der Waals surface area contributed by atoms with Gasteiger partial charge in [0, 0.05) is 4.47 Å². The Bertz CT molecular complexity index is 886. The number of halogens is 1. The average molecular weight is 479 g/mol. The zero-order chi connectivity index (χ0) is 21.9. The van der Waals surface area contributed by atoms with Crippen LogP contribution in [0.15, 0.2) is 46.9 Å². The van der Waals surface area contributed by atoms with Gasteiger partial charge in [-0.3, -0.25) is 20.4 Å². The van der Waals surface area contributed by atoms with Gasteiger partial charge in [0.2, 0.25) is 0 Å². The van der Waals surface area contributed by atoms with Crippen molar-refractivity contribution in [3.8, 4) is 11.5 Å². The zero-order valence-electron chi connectivity index (χ0n) is 16.7. The van der Waals surface area contributed by atoms with Gasteiger partial charge in [0.05, 0.1) is 12.2 Å². The molecule has 0 saturated heterocycles. The van der Waals surface area contributed by atoms with Crippen molar-refractivity contribution >= 4 is 33.7 Å². The number of benzene rings is 2. The SMILES string of the molecule is CCCOC(=O)c1ccc(OCC(=O)NNC(=O)COc2ccc(Br)c(C)c2)cc1. The third-order valence-electron chi connectivity index (χ3n) is 3.74. The molecule has 9 heteroatoms. The Labute approximate surface area is 183 Å². The molecule has 8 nitrogen and oxygen atoms in total. The minimum absolute atomic E-state index is 0.252. The van der Waals surface area contributed by atoms with E-state index in [1.165, 1.54) is 0 Å². The smallest absolute Gasteiger partial charge is 0.338 e. The lowest BCUT2D eigenvalue weighted by molar-refractivity contribution is -0.131. The highest BCUT2D eigenvalue weighted by atomic mass is 79.9. The van der Waals surface area contributed by atoms with E-state index in [1.807, 2.05) is 19.9 Å². The molecule has 2 N–H and O–H groups in total. The number of hydrogen-bond acceptors (Lipinski definition) is 6. The van der Waals surface area contributed by atoms with Crippen LogP contribution in [0, 0.1) is 6.92 Å². The molecule has 0 atom stereocenters. The fourth-order valence-electron chi connectivity index (χ4n) is 2.18. The molecule has 0 heterocycles. The number of aryl methyl sites for hydroxylation is 1. The maximum Gasteiger partial charge on any atom is 0.338 e. The van der Waals surface area contributed by atoms with E-state index < -0.39 is 17.8 Å². The highest BCUT2D eigenvalue weighted by molar-refractivity contribution is 9.10. The number of ether oxygens (including phenoxy) is 3. The van der Waals surface area contributed by atoms with E-state index in [0.717, 1.165) is 16.5 Å². The van der Waals surface area contributed by atoms with Gasteiger partial charge < -0.3 is 14.2 Å². The summed E-state index contributed by atoms with van der Waals surface area (Å²) in [5, 5.41) is 0. The lowest BCUT2D eigenvalue weighted by atomic mass is 10.2. The fraction of sp³-hybridized carbons (Fsp3) is 0.286. The van der Waals surface area contributed by atoms with Gasteiger partial charge in [-0.05, 0) is 61.4 Å². The number of rotatable bonds is 9. The lowest BCUT2D eigenvalue weighted by Gasteiger charge is -2.10. The summed E-state index contributed by atoms with van der Waals surface area (Å²) in [6.45, 7) is 3.61. The first kappa shape index (κ1) is 23.2. The van der Waals surface area contributed by atoms with Crippen LogP contribution < -0.4 is 20.3 Å². The summed E-state index contributed by atoms with van der Waals surface area (Å²) in [7, 11) is 0. The lowest BCUT2D eigenvalue weighted by Crippen LogP contribution is -2.45. The zero-order valence-corrected chi connectivity index (χ0v) is 18.3. The third-order valence-corrected chi connectivity index (χ3v) is 4.63. The maximum absolute atomic E-state index is 11.8. The summed E-state index contributed by atoms with van der Waals surface area (Å²) in [4.78, 5) is 35.3. The quantitative estimate of drug-likeness (QED) is 0.424. The molecule has 2 aromatic carbocycles. The van der Waals surface area contributed by atoms with E-state index in [9.17, 15) is 14.4 Å². The van der Waals surface area contributed by atoms with Crippen LogP contribution in [0.25, 0.3) is 0 Å². The van der Waals surface area contributed by atoms with Crippen molar-refractivity contribution in [3.63, 3.8) is 0 Å². The summed E-state index contributed by atoms with van der Waals surface area (Å²) in [6, 6.07) is 11.6. The Kier molecular flexibility index (Phi) is 9.14. The maximum atomic E-state index is 11.8. The predicted molar refractivity (Wildman–Crippen MR) is 113 cm³/mol. The van der Waals surface area contributed by atoms with Gasteiger partial charge in [0.25, 0.3) is 11.8 Å². The first-order valence-corrected chi connectivity index (χ1v) is 10.0. The molecule has 2 amide bonds. The molecular weight excluding hydrogens is 456 g/mol. The molecule has 0 aliphatic heterocycles. The molecule has 0 spiro atoms.